The molecule has 0 saturated heterocycles. The SMILES string of the molecule is Cc1ccc(S(=O)(=O)N2CCc3cc(C(=O)Nc4ccc5c(c4)N(S(=O)(=O)c4ccc(Cl)cc4)CC5)ccc32)cc1. The van der Waals surface area contributed by atoms with E-state index in [1.165, 1.54) is 32.9 Å². The van der Waals surface area contributed by atoms with Crippen LogP contribution in [0.15, 0.2) is 94.7 Å². The van der Waals surface area contributed by atoms with Crippen LogP contribution in [0.4, 0.5) is 17.1 Å². The number of nitrogens with zero attached hydrogens (tertiary/aromatic N) is 2. The molecule has 0 aromatic heterocycles. The molecule has 0 bridgehead atoms. The van der Waals surface area contributed by atoms with Crippen molar-refractivity contribution in [2.45, 2.75) is 29.6 Å². The number of nitrogens with one attached hydrogen (secondary N) is 1. The van der Waals surface area contributed by atoms with Crippen LogP contribution in [0.5, 0.6) is 0 Å². The lowest BCUT2D eigenvalue weighted by Crippen LogP contribution is -2.29. The fourth-order valence-electron chi connectivity index (χ4n) is 5.21. The molecule has 2 aliphatic rings. The van der Waals surface area contributed by atoms with Gasteiger partial charge in [-0.2, -0.15) is 0 Å². The predicted octanol–water partition coefficient (Wildman–Crippen LogP) is 5.40. The third-order valence-electron chi connectivity index (χ3n) is 7.40. The molecule has 11 heteroatoms. The zero-order valence-corrected chi connectivity index (χ0v) is 24.4. The molecule has 8 nitrogen and oxygen atoms in total. The summed E-state index contributed by atoms with van der Waals surface area (Å²) in [6.45, 7) is 2.49. The Bertz CT molecular complexity index is 1890. The number of rotatable bonds is 6. The van der Waals surface area contributed by atoms with E-state index in [9.17, 15) is 21.6 Å². The minimum absolute atomic E-state index is 0.140. The van der Waals surface area contributed by atoms with Crippen LogP contribution >= 0.6 is 11.6 Å². The van der Waals surface area contributed by atoms with Crippen molar-refractivity contribution in [3.05, 3.63) is 112 Å². The molecular formula is C30H26ClN3O5S2. The van der Waals surface area contributed by atoms with Crippen molar-refractivity contribution in [3.63, 3.8) is 0 Å². The maximum Gasteiger partial charge on any atom is 0.264 e. The summed E-state index contributed by atoms with van der Waals surface area (Å²) in [4.78, 5) is 13.6. The molecule has 0 spiro atoms. The van der Waals surface area contributed by atoms with E-state index in [2.05, 4.69) is 5.32 Å². The summed E-state index contributed by atoms with van der Waals surface area (Å²) in [6.07, 6.45) is 1.04. The largest absolute Gasteiger partial charge is 0.322 e. The second kappa shape index (κ2) is 10.2. The standard InChI is InChI=1S/C30H26ClN3O5S2/c1-20-2-9-26(10-3-20)40(36,37)33-17-15-22-18-23(5-13-28(22)33)30(35)32-25-8-4-21-14-16-34(29(21)19-25)41(38,39)27-11-6-24(31)7-12-27/h2-13,18-19H,14-17H2,1H3,(H,32,35). The number of aryl methyl sites for hydroxylation is 1. The molecule has 0 unspecified atom stereocenters. The lowest BCUT2D eigenvalue weighted by Gasteiger charge is -2.20. The minimum atomic E-state index is -3.80. The monoisotopic (exact) mass is 607 g/mol. The summed E-state index contributed by atoms with van der Waals surface area (Å²) >= 11 is 5.93. The summed E-state index contributed by atoms with van der Waals surface area (Å²) in [5.41, 5.74) is 4.52. The van der Waals surface area contributed by atoms with E-state index in [-0.39, 0.29) is 15.7 Å². The normalized spacial score (nSPS) is 14.6. The van der Waals surface area contributed by atoms with Crippen molar-refractivity contribution in [1.29, 1.82) is 0 Å². The van der Waals surface area contributed by atoms with E-state index in [1.807, 2.05) is 13.0 Å². The van der Waals surface area contributed by atoms with Gasteiger partial charge in [-0.05, 0) is 97.6 Å². The second-order valence-corrected chi connectivity index (χ2v) is 14.2. The van der Waals surface area contributed by atoms with Crippen LogP contribution < -0.4 is 13.9 Å². The van der Waals surface area contributed by atoms with Crippen LogP contribution in [-0.4, -0.2) is 35.8 Å². The quantitative estimate of drug-likeness (QED) is 0.316. The average Bonchev–Trinajstić information content (AvgIpc) is 3.58. The highest BCUT2D eigenvalue weighted by atomic mass is 35.5. The summed E-state index contributed by atoms with van der Waals surface area (Å²) in [6, 6.07) is 23.0. The highest BCUT2D eigenvalue weighted by Crippen LogP contribution is 2.36. The van der Waals surface area contributed by atoms with Gasteiger partial charge in [0, 0.05) is 29.4 Å². The van der Waals surface area contributed by atoms with Crippen LogP contribution in [-0.2, 0) is 32.9 Å². The number of carbonyl (C=O) groups excluding carboxylic acids is 1. The Morgan fingerprint density at radius 1 is 0.707 bits per heavy atom. The fourth-order valence-corrected chi connectivity index (χ4v) is 8.34. The van der Waals surface area contributed by atoms with Gasteiger partial charge in [-0.1, -0.05) is 35.4 Å². The molecule has 0 atom stereocenters. The first-order valence-electron chi connectivity index (χ1n) is 13.0. The van der Waals surface area contributed by atoms with E-state index in [1.54, 1.807) is 54.6 Å². The number of halogens is 1. The van der Waals surface area contributed by atoms with Crippen molar-refractivity contribution in [3.8, 4) is 0 Å². The number of fused-ring (bicyclic) bond motifs is 2. The number of carbonyl (C=O) groups is 1. The zero-order chi connectivity index (χ0) is 28.9. The lowest BCUT2D eigenvalue weighted by molar-refractivity contribution is 0.102. The summed E-state index contributed by atoms with van der Waals surface area (Å²) in [5, 5.41) is 3.31. The Morgan fingerprint density at radius 2 is 1.29 bits per heavy atom. The van der Waals surface area contributed by atoms with Gasteiger partial charge in [0.25, 0.3) is 26.0 Å². The molecule has 6 rings (SSSR count). The van der Waals surface area contributed by atoms with Gasteiger partial charge in [-0.25, -0.2) is 16.8 Å². The van der Waals surface area contributed by atoms with Crippen molar-refractivity contribution in [1.82, 2.24) is 0 Å². The smallest absolute Gasteiger partial charge is 0.264 e. The lowest BCUT2D eigenvalue weighted by atomic mass is 10.1. The van der Waals surface area contributed by atoms with Gasteiger partial charge in [0.05, 0.1) is 21.2 Å². The van der Waals surface area contributed by atoms with E-state index >= 15 is 0 Å². The third-order valence-corrected chi connectivity index (χ3v) is 11.3. The highest BCUT2D eigenvalue weighted by Gasteiger charge is 2.33. The minimum Gasteiger partial charge on any atom is -0.322 e. The topological polar surface area (TPSA) is 104 Å². The Labute approximate surface area is 244 Å². The predicted molar refractivity (Wildman–Crippen MR) is 160 cm³/mol. The number of sulfonamides is 2. The average molecular weight is 608 g/mol. The van der Waals surface area contributed by atoms with Crippen molar-refractivity contribution >= 4 is 54.6 Å². The zero-order valence-electron chi connectivity index (χ0n) is 22.0. The molecule has 0 radical (unpaired) electrons. The van der Waals surface area contributed by atoms with Crippen molar-refractivity contribution in [2.75, 3.05) is 27.0 Å². The van der Waals surface area contributed by atoms with Gasteiger partial charge in [-0.3, -0.25) is 13.4 Å². The Morgan fingerprint density at radius 3 is 1.95 bits per heavy atom. The van der Waals surface area contributed by atoms with Crippen LogP contribution in [0.25, 0.3) is 0 Å². The first kappa shape index (κ1) is 27.3. The summed E-state index contributed by atoms with van der Waals surface area (Å²) in [7, 11) is -7.53. The molecule has 1 amide bonds. The van der Waals surface area contributed by atoms with Crippen LogP contribution in [0.1, 0.15) is 27.0 Å². The maximum atomic E-state index is 13.3. The van der Waals surface area contributed by atoms with Crippen molar-refractivity contribution < 1.29 is 21.6 Å². The second-order valence-electron chi connectivity index (χ2n) is 10.1. The summed E-state index contributed by atoms with van der Waals surface area (Å²) in [5.74, 6) is -0.377. The maximum absolute atomic E-state index is 13.3. The number of hydrogen-bond donors (Lipinski definition) is 1. The molecule has 2 heterocycles. The number of anilines is 3. The molecule has 0 fully saturated rings. The van der Waals surface area contributed by atoms with E-state index in [0.717, 1.165) is 16.7 Å². The van der Waals surface area contributed by atoms with Gasteiger partial charge >= 0.3 is 0 Å². The van der Waals surface area contributed by atoms with E-state index in [4.69, 9.17) is 11.6 Å². The van der Waals surface area contributed by atoms with Crippen LogP contribution in [0.2, 0.25) is 5.02 Å². The Hall–Kier alpha value is -3.86. The molecule has 4 aromatic rings. The van der Waals surface area contributed by atoms with Crippen LogP contribution in [0.3, 0.4) is 0 Å². The third kappa shape index (κ3) is 4.96. The fraction of sp³-hybridized carbons (Fsp3) is 0.167. The molecule has 0 aliphatic carbocycles. The molecule has 210 valence electrons. The van der Waals surface area contributed by atoms with Crippen molar-refractivity contribution in [2.24, 2.45) is 0 Å². The molecule has 1 N–H and O–H groups in total. The first-order valence-corrected chi connectivity index (χ1v) is 16.2. The van der Waals surface area contributed by atoms with E-state index in [0.29, 0.717) is 53.6 Å². The molecule has 41 heavy (non-hydrogen) atoms. The molecular weight excluding hydrogens is 582 g/mol. The number of benzene rings is 4. The van der Waals surface area contributed by atoms with Gasteiger partial charge in [0.1, 0.15) is 0 Å². The van der Waals surface area contributed by atoms with Gasteiger partial charge in [0.15, 0.2) is 0 Å². The molecule has 2 aliphatic heterocycles. The van der Waals surface area contributed by atoms with E-state index < -0.39 is 20.0 Å². The van der Waals surface area contributed by atoms with Gasteiger partial charge < -0.3 is 5.32 Å². The van der Waals surface area contributed by atoms with Gasteiger partial charge in [0.2, 0.25) is 0 Å². The molecule has 0 saturated carbocycles. The van der Waals surface area contributed by atoms with Gasteiger partial charge in [-0.15, -0.1) is 0 Å². The number of amides is 1. The summed E-state index contributed by atoms with van der Waals surface area (Å²) < 4.78 is 55.9. The van der Waals surface area contributed by atoms with Crippen LogP contribution in [0, 0.1) is 6.92 Å². The Kier molecular flexibility index (Phi) is 6.80. The number of hydrogen-bond acceptors (Lipinski definition) is 5. The highest BCUT2D eigenvalue weighted by molar-refractivity contribution is 7.93. The first-order chi connectivity index (χ1) is 19.5. The molecule has 4 aromatic carbocycles. The Balaban J connectivity index is 1.22.